The van der Waals surface area contributed by atoms with Gasteiger partial charge in [0.25, 0.3) is 0 Å². The van der Waals surface area contributed by atoms with E-state index >= 15 is 0 Å². The number of hydrogen-bond donors (Lipinski definition) is 0. The van der Waals surface area contributed by atoms with E-state index in [1.165, 1.54) is 29.4 Å². The highest BCUT2D eigenvalue weighted by Crippen LogP contribution is 2.20. The Bertz CT molecular complexity index is 832. The quantitative estimate of drug-likeness (QED) is 0.219. The van der Waals surface area contributed by atoms with E-state index < -0.39 is 0 Å². The van der Waals surface area contributed by atoms with E-state index in [1.54, 1.807) is 0 Å². The van der Waals surface area contributed by atoms with Crippen LogP contribution in [0.15, 0.2) is 109 Å². The normalized spacial score (nSPS) is 9.92. The van der Waals surface area contributed by atoms with E-state index in [0.717, 1.165) is 0 Å². The van der Waals surface area contributed by atoms with Crippen molar-refractivity contribution >= 4 is 45.2 Å². The van der Waals surface area contributed by atoms with E-state index in [-0.39, 0.29) is 0 Å². The zero-order valence-corrected chi connectivity index (χ0v) is 18.5. The van der Waals surface area contributed by atoms with E-state index in [0.29, 0.717) is 0 Å². The Balaban J connectivity index is 0.000000151. The molecule has 0 heterocycles. The van der Waals surface area contributed by atoms with Crippen LogP contribution < -0.4 is 0 Å². The van der Waals surface area contributed by atoms with Crippen molar-refractivity contribution in [2.45, 2.75) is 0 Å². The van der Waals surface area contributed by atoms with Crippen molar-refractivity contribution < 1.29 is 0 Å². The lowest BCUT2D eigenvalue weighted by molar-refractivity contribution is 1.59. The van der Waals surface area contributed by atoms with Gasteiger partial charge in [0.15, 0.2) is 0 Å². The second kappa shape index (κ2) is 9.88. The Morgan fingerprint density at radius 3 is 0.885 bits per heavy atom. The van der Waals surface area contributed by atoms with Crippen molar-refractivity contribution in [1.29, 1.82) is 0 Å². The third-order valence-electron chi connectivity index (χ3n) is 3.90. The van der Waals surface area contributed by atoms with Gasteiger partial charge in [-0.3, -0.25) is 0 Å². The summed E-state index contributed by atoms with van der Waals surface area (Å²) < 4.78 is 2.55. The van der Waals surface area contributed by atoms with E-state index in [9.17, 15) is 0 Å². The number of rotatable bonds is 2. The van der Waals surface area contributed by atoms with Crippen molar-refractivity contribution in [3.8, 4) is 22.3 Å². The van der Waals surface area contributed by atoms with Gasteiger partial charge in [0.05, 0.1) is 0 Å². The molecule has 0 aromatic heterocycles. The van der Waals surface area contributed by atoms with Crippen molar-refractivity contribution in [3.05, 3.63) is 116 Å². The SMILES string of the molecule is Ic1ccc(-c2ccccc2)cc1.Ic1ccc(-c2ccccc2)cc1. The van der Waals surface area contributed by atoms with Crippen molar-refractivity contribution in [3.63, 3.8) is 0 Å². The number of benzene rings is 4. The molecule has 0 fully saturated rings. The molecular weight excluding hydrogens is 542 g/mol. The van der Waals surface area contributed by atoms with E-state index in [2.05, 4.69) is 142 Å². The molecule has 0 bridgehead atoms. The second-order valence-electron chi connectivity index (χ2n) is 5.75. The lowest BCUT2D eigenvalue weighted by Gasteiger charge is -2.00. The summed E-state index contributed by atoms with van der Waals surface area (Å²) in [7, 11) is 0. The topological polar surface area (TPSA) is 0 Å². The molecule has 0 nitrogen and oxygen atoms in total. The minimum Gasteiger partial charge on any atom is -0.0622 e. The Hall–Kier alpha value is -1.66. The summed E-state index contributed by atoms with van der Waals surface area (Å²) >= 11 is 4.63. The highest BCUT2D eigenvalue weighted by molar-refractivity contribution is 14.1. The first kappa shape index (κ1) is 19.1. The van der Waals surface area contributed by atoms with E-state index in [4.69, 9.17) is 0 Å². The van der Waals surface area contributed by atoms with Gasteiger partial charge in [-0.2, -0.15) is 0 Å². The van der Waals surface area contributed by atoms with Crippen molar-refractivity contribution in [2.24, 2.45) is 0 Å². The maximum atomic E-state index is 2.32. The van der Waals surface area contributed by atoms with Gasteiger partial charge >= 0.3 is 0 Å². The van der Waals surface area contributed by atoms with Crippen molar-refractivity contribution in [1.82, 2.24) is 0 Å². The monoisotopic (exact) mass is 560 g/mol. The van der Waals surface area contributed by atoms with Gasteiger partial charge in [0.2, 0.25) is 0 Å². The number of hydrogen-bond acceptors (Lipinski definition) is 0. The number of halogens is 2. The molecule has 0 aliphatic heterocycles. The second-order valence-corrected chi connectivity index (χ2v) is 8.24. The third-order valence-corrected chi connectivity index (χ3v) is 5.34. The predicted molar refractivity (Wildman–Crippen MR) is 129 cm³/mol. The highest BCUT2D eigenvalue weighted by Gasteiger charge is 1.95. The fourth-order valence-electron chi connectivity index (χ4n) is 2.55. The molecule has 0 atom stereocenters. The van der Waals surface area contributed by atoms with Crippen LogP contribution in [0.2, 0.25) is 0 Å². The summed E-state index contributed by atoms with van der Waals surface area (Å²) in [5, 5.41) is 0. The molecule has 4 aromatic rings. The van der Waals surface area contributed by atoms with Crippen LogP contribution in [0.5, 0.6) is 0 Å². The molecule has 0 aliphatic carbocycles. The molecule has 0 spiro atoms. The van der Waals surface area contributed by atoms with Crippen molar-refractivity contribution in [2.75, 3.05) is 0 Å². The molecule has 0 saturated carbocycles. The molecule has 0 aliphatic rings. The molecule has 4 rings (SSSR count). The molecule has 2 heteroatoms. The van der Waals surface area contributed by atoms with Crippen LogP contribution in [0, 0.1) is 7.14 Å². The highest BCUT2D eigenvalue weighted by atomic mass is 127. The zero-order valence-electron chi connectivity index (χ0n) is 14.1. The first-order valence-corrected chi connectivity index (χ1v) is 10.5. The summed E-state index contributed by atoms with van der Waals surface area (Å²) in [5.74, 6) is 0. The summed E-state index contributed by atoms with van der Waals surface area (Å²) in [5.41, 5.74) is 5.11. The van der Waals surface area contributed by atoms with Crippen LogP contribution >= 0.6 is 45.2 Å². The van der Waals surface area contributed by atoms with E-state index in [1.807, 2.05) is 12.1 Å². The molecule has 0 saturated heterocycles. The van der Waals surface area contributed by atoms with Crippen LogP contribution in [0.1, 0.15) is 0 Å². The van der Waals surface area contributed by atoms with Crippen LogP contribution in [-0.4, -0.2) is 0 Å². The first-order chi connectivity index (χ1) is 12.7. The maximum absolute atomic E-state index is 2.32. The van der Waals surface area contributed by atoms with Gasteiger partial charge in [-0.1, -0.05) is 84.9 Å². The van der Waals surface area contributed by atoms with Crippen LogP contribution in [0.25, 0.3) is 22.3 Å². The van der Waals surface area contributed by atoms with Gasteiger partial charge in [0, 0.05) is 7.14 Å². The molecule has 0 N–H and O–H groups in total. The summed E-state index contributed by atoms with van der Waals surface area (Å²) in [4.78, 5) is 0. The predicted octanol–water partition coefficient (Wildman–Crippen LogP) is 7.92. The average Bonchev–Trinajstić information content (AvgIpc) is 2.71. The third kappa shape index (κ3) is 5.68. The minimum absolute atomic E-state index is 1.28. The molecule has 4 aromatic carbocycles. The van der Waals surface area contributed by atoms with Gasteiger partial charge in [0.1, 0.15) is 0 Å². The summed E-state index contributed by atoms with van der Waals surface area (Å²) in [6.07, 6.45) is 0. The molecule has 128 valence electrons. The molecule has 0 radical (unpaired) electrons. The standard InChI is InChI=1S/2C12H9I/c2*13-12-8-6-11(7-9-12)10-4-2-1-3-5-10/h2*1-9H. The molecule has 0 unspecified atom stereocenters. The van der Waals surface area contributed by atoms with Crippen LogP contribution in [0.3, 0.4) is 0 Å². The lowest BCUT2D eigenvalue weighted by atomic mass is 10.1. The summed E-state index contributed by atoms with van der Waals surface area (Å²) in [6, 6.07) is 37.9. The average molecular weight is 560 g/mol. The fourth-order valence-corrected chi connectivity index (χ4v) is 3.27. The zero-order chi connectivity index (χ0) is 18.2. The maximum Gasteiger partial charge on any atom is 0.0130 e. The summed E-state index contributed by atoms with van der Waals surface area (Å²) in [6.45, 7) is 0. The first-order valence-electron chi connectivity index (χ1n) is 8.34. The Labute approximate surface area is 182 Å². The largest absolute Gasteiger partial charge is 0.0622 e. The molecule has 0 amide bonds. The lowest BCUT2D eigenvalue weighted by Crippen LogP contribution is -1.76. The minimum atomic E-state index is 1.28. The Morgan fingerprint density at radius 2 is 0.577 bits per heavy atom. The fraction of sp³-hybridized carbons (Fsp3) is 0. The Morgan fingerprint density at radius 1 is 0.308 bits per heavy atom. The smallest absolute Gasteiger partial charge is 0.0130 e. The van der Waals surface area contributed by atoms with Gasteiger partial charge < -0.3 is 0 Å². The molecular formula is C24H18I2. The van der Waals surface area contributed by atoms with Crippen LogP contribution in [0.4, 0.5) is 0 Å². The Kier molecular flexibility index (Phi) is 7.26. The van der Waals surface area contributed by atoms with Gasteiger partial charge in [-0.05, 0) is 91.7 Å². The molecule has 26 heavy (non-hydrogen) atoms. The van der Waals surface area contributed by atoms with Gasteiger partial charge in [-0.15, -0.1) is 0 Å². The van der Waals surface area contributed by atoms with Gasteiger partial charge in [-0.25, -0.2) is 0 Å². The van der Waals surface area contributed by atoms with Crippen LogP contribution in [-0.2, 0) is 0 Å².